The zero-order valence-corrected chi connectivity index (χ0v) is 6.98. The molecule has 0 bridgehead atoms. The number of nitrogens with two attached hydrogens (primary N) is 1. The highest BCUT2D eigenvalue weighted by Crippen LogP contribution is 2.15. The number of aliphatic carboxylic acids is 1. The Morgan fingerprint density at radius 3 is 2.67 bits per heavy atom. The first-order chi connectivity index (χ1) is 5.44. The smallest absolute Gasteiger partial charge is 0.329 e. The first-order valence-electron chi connectivity index (χ1n) is 3.48. The van der Waals surface area contributed by atoms with Gasteiger partial charge in [0.25, 0.3) is 0 Å². The third-order valence-corrected chi connectivity index (χ3v) is 1.77. The molecule has 66 valence electrons. The molecule has 0 saturated carbocycles. The first kappa shape index (κ1) is 8.58. The zero-order valence-electron chi connectivity index (χ0n) is 6.98. The molecule has 5 heteroatoms. The van der Waals surface area contributed by atoms with E-state index >= 15 is 0 Å². The Balaban J connectivity index is 3.05. The van der Waals surface area contributed by atoms with Crippen molar-refractivity contribution in [1.29, 1.82) is 0 Å². The number of nitrogens with zero attached hydrogens (tertiary/aromatic N) is 2. The fourth-order valence-corrected chi connectivity index (χ4v) is 0.754. The highest BCUT2D eigenvalue weighted by molar-refractivity contribution is 5.75. The van der Waals surface area contributed by atoms with Crippen molar-refractivity contribution in [2.75, 3.05) is 5.73 Å². The van der Waals surface area contributed by atoms with Crippen molar-refractivity contribution in [3.05, 3.63) is 12.5 Å². The average molecular weight is 169 g/mol. The third kappa shape index (κ3) is 1.25. The van der Waals surface area contributed by atoms with Crippen LogP contribution in [0.2, 0.25) is 0 Å². The fourth-order valence-electron chi connectivity index (χ4n) is 0.754. The maximum Gasteiger partial charge on any atom is 0.329 e. The van der Waals surface area contributed by atoms with Gasteiger partial charge in [-0.05, 0) is 13.8 Å². The van der Waals surface area contributed by atoms with Crippen molar-refractivity contribution < 1.29 is 9.90 Å². The molecule has 0 aliphatic carbocycles. The standard InChI is InChI=1S/C7H11N3O2/c1-7(2,6(11)12)10-3-5(8)9-4-10/h3-4H,8H2,1-2H3,(H,11,12). The van der Waals surface area contributed by atoms with E-state index in [-0.39, 0.29) is 0 Å². The highest BCUT2D eigenvalue weighted by Gasteiger charge is 2.28. The summed E-state index contributed by atoms with van der Waals surface area (Å²) in [6.45, 7) is 3.16. The molecule has 0 aliphatic rings. The van der Waals surface area contributed by atoms with E-state index in [1.807, 2.05) is 0 Å². The van der Waals surface area contributed by atoms with Crippen LogP contribution in [0.1, 0.15) is 13.8 Å². The van der Waals surface area contributed by atoms with E-state index in [0.29, 0.717) is 5.82 Å². The molecule has 0 radical (unpaired) electrons. The van der Waals surface area contributed by atoms with Crippen molar-refractivity contribution in [2.24, 2.45) is 0 Å². The van der Waals surface area contributed by atoms with Gasteiger partial charge in [0.1, 0.15) is 11.4 Å². The van der Waals surface area contributed by atoms with Gasteiger partial charge in [0, 0.05) is 6.20 Å². The molecule has 0 amide bonds. The van der Waals surface area contributed by atoms with Gasteiger partial charge < -0.3 is 15.4 Å². The second kappa shape index (κ2) is 2.51. The SMILES string of the molecule is CC(C)(C(=O)O)n1cnc(N)c1. The minimum atomic E-state index is -0.995. The third-order valence-electron chi connectivity index (χ3n) is 1.77. The molecule has 0 spiro atoms. The largest absolute Gasteiger partial charge is 0.480 e. The van der Waals surface area contributed by atoms with Crippen LogP contribution >= 0.6 is 0 Å². The number of hydrogen-bond acceptors (Lipinski definition) is 3. The summed E-state index contributed by atoms with van der Waals surface area (Å²) in [7, 11) is 0. The van der Waals surface area contributed by atoms with E-state index in [1.54, 1.807) is 13.8 Å². The maximum atomic E-state index is 10.7. The number of rotatable bonds is 2. The lowest BCUT2D eigenvalue weighted by molar-refractivity contribution is -0.145. The van der Waals surface area contributed by atoms with Crippen LogP contribution < -0.4 is 5.73 Å². The molecule has 1 aromatic heterocycles. The lowest BCUT2D eigenvalue weighted by Gasteiger charge is -2.20. The van der Waals surface area contributed by atoms with Crippen molar-refractivity contribution in [1.82, 2.24) is 9.55 Å². The quantitative estimate of drug-likeness (QED) is 0.666. The van der Waals surface area contributed by atoms with E-state index in [1.165, 1.54) is 17.1 Å². The molecule has 12 heavy (non-hydrogen) atoms. The van der Waals surface area contributed by atoms with Gasteiger partial charge in [-0.2, -0.15) is 0 Å². The van der Waals surface area contributed by atoms with E-state index < -0.39 is 11.5 Å². The fraction of sp³-hybridized carbons (Fsp3) is 0.429. The van der Waals surface area contributed by atoms with E-state index in [4.69, 9.17) is 10.8 Å². The molecule has 1 rings (SSSR count). The molecule has 5 nitrogen and oxygen atoms in total. The summed E-state index contributed by atoms with van der Waals surface area (Å²) in [5.41, 5.74) is 4.36. The number of imidazole rings is 1. The van der Waals surface area contributed by atoms with Crippen molar-refractivity contribution in [3.63, 3.8) is 0 Å². The Morgan fingerprint density at radius 1 is 1.75 bits per heavy atom. The average Bonchev–Trinajstić information content (AvgIpc) is 2.35. The number of anilines is 1. The minimum absolute atomic E-state index is 0.323. The summed E-state index contributed by atoms with van der Waals surface area (Å²) in [5, 5.41) is 8.81. The first-order valence-corrected chi connectivity index (χ1v) is 3.48. The minimum Gasteiger partial charge on any atom is -0.480 e. The second-order valence-corrected chi connectivity index (χ2v) is 3.07. The molecule has 1 heterocycles. The van der Waals surface area contributed by atoms with Gasteiger partial charge in [0.05, 0.1) is 6.33 Å². The Morgan fingerprint density at radius 2 is 2.33 bits per heavy atom. The van der Waals surface area contributed by atoms with Crippen LogP contribution in [-0.4, -0.2) is 20.6 Å². The molecular formula is C7H11N3O2. The molecule has 0 fully saturated rings. The van der Waals surface area contributed by atoms with Crippen molar-refractivity contribution in [2.45, 2.75) is 19.4 Å². The van der Waals surface area contributed by atoms with Gasteiger partial charge in [-0.25, -0.2) is 9.78 Å². The normalized spacial score (nSPS) is 11.5. The summed E-state index contributed by atoms with van der Waals surface area (Å²) in [4.78, 5) is 14.5. The molecule has 3 N–H and O–H groups in total. The van der Waals surface area contributed by atoms with Crippen molar-refractivity contribution in [3.8, 4) is 0 Å². The summed E-state index contributed by atoms with van der Waals surface area (Å²) in [6.07, 6.45) is 2.90. The Labute approximate surface area is 69.8 Å². The maximum absolute atomic E-state index is 10.7. The molecule has 0 unspecified atom stereocenters. The van der Waals surface area contributed by atoms with Gasteiger partial charge in [0.15, 0.2) is 0 Å². The van der Waals surface area contributed by atoms with Crippen LogP contribution in [0.4, 0.5) is 5.82 Å². The van der Waals surface area contributed by atoms with Crippen molar-refractivity contribution >= 4 is 11.8 Å². The van der Waals surface area contributed by atoms with Gasteiger partial charge in [-0.1, -0.05) is 0 Å². The summed E-state index contributed by atoms with van der Waals surface area (Å²) in [6, 6.07) is 0. The molecule has 0 atom stereocenters. The Hall–Kier alpha value is -1.52. The molecule has 0 saturated heterocycles. The number of carboxylic acids is 1. The number of hydrogen-bond donors (Lipinski definition) is 2. The van der Waals surface area contributed by atoms with Gasteiger partial charge >= 0.3 is 5.97 Å². The monoisotopic (exact) mass is 169 g/mol. The van der Waals surface area contributed by atoms with E-state index in [9.17, 15) is 4.79 Å². The van der Waals surface area contributed by atoms with Gasteiger partial charge in [0.2, 0.25) is 0 Å². The lowest BCUT2D eigenvalue weighted by atomic mass is 10.1. The van der Waals surface area contributed by atoms with Crippen LogP contribution in [0.25, 0.3) is 0 Å². The molecule has 1 aromatic rings. The highest BCUT2D eigenvalue weighted by atomic mass is 16.4. The number of carboxylic acid groups (broad SMARTS) is 1. The topological polar surface area (TPSA) is 81.1 Å². The summed E-state index contributed by atoms with van der Waals surface area (Å²) < 4.78 is 1.46. The number of carbonyl (C=O) groups is 1. The molecule has 0 aromatic carbocycles. The predicted molar refractivity (Wildman–Crippen MR) is 43.6 cm³/mol. The molecule has 0 aliphatic heterocycles. The van der Waals surface area contributed by atoms with Crippen LogP contribution in [0.3, 0.4) is 0 Å². The summed E-state index contributed by atoms with van der Waals surface area (Å²) >= 11 is 0. The van der Waals surface area contributed by atoms with Gasteiger partial charge in [-0.3, -0.25) is 0 Å². The van der Waals surface area contributed by atoms with Gasteiger partial charge in [-0.15, -0.1) is 0 Å². The zero-order chi connectivity index (χ0) is 9.35. The second-order valence-electron chi connectivity index (χ2n) is 3.07. The van der Waals surface area contributed by atoms with E-state index in [2.05, 4.69) is 4.98 Å². The van der Waals surface area contributed by atoms with Crippen LogP contribution in [0, 0.1) is 0 Å². The van der Waals surface area contributed by atoms with Crippen LogP contribution in [0.5, 0.6) is 0 Å². The van der Waals surface area contributed by atoms with Crippen LogP contribution in [-0.2, 0) is 10.3 Å². The number of aromatic nitrogens is 2. The number of nitrogen functional groups attached to an aromatic ring is 1. The Kier molecular flexibility index (Phi) is 1.79. The Bertz CT molecular complexity index is 303. The lowest BCUT2D eigenvalue weighted by Crippen LogP contribution is -2.34. The van der Waals surface area contributed by atoms with Crippen LogP contribution in [0.15, 0.2) is 12.5 Å². The summed E-state index contributed by atoms with van der Waals surface area (Å²) in [5.74, 6) is -0.593. The predicted octanol–water partition coefficient (Wildman–Crippen LogP) is 0.285. The molecular weight excluding hydrogens is 158 g/mol. The van der Waals surface area contributed by atoms with E-state index in [0.717, 1.165) is 0 Å².